The number of carbonyl (C=O) groups is 1. The van der Waals surface area contributed by atoms with Gasteiger partial charge in [-0.25, -0.2) is 4.79 Å². The highest BCUT2D eigenvalue weighted by atomic mass is 16.6. The van der Waals surface area contributed by atoms with Crippen LogP contribution in [0.5, 0.6) is 0 Å². The van der Waals surface area contributed by atoms with Crippen LogP contribution in [0.1, 0.15) is 23.5 Å². The van der Waals surface area contributed by atoms with E-state index < -0.39 is 6.10 Å². The molecule has 0 aromatic heterocycles. The average Bonchev–Trinajstić information content (AvgIpc) is 3.34. The van der Waals surface area contributed by atoms with Crippen LogP contribution in [-0.4, -0.2) is 54.1 Å². The van der Waals surface area contributed by atoms with E-state index in [1.54, 1.807) is 4.90 Å². The number of aliphatic hydroxyl groups excluding tert-OH is 1. The van der Waals surface area contributed by atoms with Crippen molar-refractivity contribution in [3.63, 3.8) is 0 Å². The fraction of sp³-hybridized carbons (Fsp3) is 0.381. The Morgan fingerprint density at radius 1 is 1.12 bits per heavy atom. The Morgan fingerprint density at radius 3 is 2.46 bits per heavy atom. The molecule has 3 atom stereocenters. The molecule has 1 aliphatic carbocycles. The molecule has 5 nitrogen and oxygen atoms in total. The Hall–Kier alpha value is -2.37. The number of hydrogen-bond donors (Lipinski definition) is 1. The van der Waals surface area contributed by atoms with Crippen LogP contribution in [-0.2, 0) is 9.47 Å². The molecule has 0 saturated carbocycles. The first-order valence-electron chi connectivity index (χ1n) is 9.15. The van der Waals surface area contributed by atoms with Crippen molar-refractivity contribution in [2.45, 2.75) is 30.6 Å². The predicted molar refractivity (Wildman–Crippen MR) is 95.9 cm³/mol. The zero-order valence-electron chi connectivity index (χ0n) is 14.4. The Morgan fingerprint density at radius 2 is 1.77 bits per heavy atom. The van der Waals surface area contributed by atoms with Crippen LogP contribution in [0.2, 0.25) is 0 Å². The number of hydrogen-bond acceptors (Lipinski definition) is 4. The summed E-state index contributed by atoms with van der Waals surface area (Å²) in [5, 5.41) is 10.1. The summed E-state index contributed by atoms with van der Waals surface area (Å²) in [7, 11) is 0. The molecule has 0 bridgehead atoms. The van der Waals surface area contributed by atoms with Gasteiger partial charge in [0.15, 0.2) is 0 Å². The van der Waals surface area contributed by atoms with Crippen LogP contribution >= 0.6 is 0 Å². The van der Waals surface area contributed by atoms with Gasteiger partial charge < -0.3 is 14.6 Å². The first kappa shape index (κ1) is 15.9. The standard InChI is InChI=1S/C21H21NO4/c23-18-12-25-19-9-10-22(20(18)19)21(24)26-11-17-15-7-3-1-5-13(15)14-6-2-4-8-16(14)17/h1-8,17-20,23H,9-12H2/t18-,19+,20+/m0/s1. The lowest BCUT2D eigenvalue weighted by molar-refractivity contribution is 0.0623. The normalized spacial score (nSPS) is 26.5. The van der Waals surface area contributed by atoms with Crippen molar-refractivity contribution in [2.75, 3.05) is 19.8 Å². The van der Waals surface area contributed by atoms with E-state index >= 15 is 0 Å². The molecule has 0 spiro atoms. The third kappa shape index (κ3) is 2.35. The molecule has 2 aromatic rings. The van der Waals surface area contributed by atoms with Crippen LogP contribution in [0.15, 0.2) is 48.5 Å². The van der Waals surface area contributed by atoms with Gasteiger partial charge in [-0.05, 0) is 28.7 Å². The maximum absolute atomic E-state index is 12.7. The van der Waals surface area contributed by atoms with Gasteiger partial charge in [-0.3, -0.25) is 4.90 Å². The van der Waals surface area contributed by atoms with Crippen molar-refractivity contribution in [3.05, 3.63) is 59.7 Å². The van der Waals surface area contributed by atoms with Gasteiger partial charge in [-0.2, -0.15) is 0 Å². The Kier molecular flexibility index (Phi) is 3.72. The second kappa shape index (κ2) is 6.11. The minimum absolute atomic E-state index is 0.0505. The van der Waals surface area contributed by atoms with Gasteiger partial charge >= 0.3 is 6.09 Å². The summed E-state index contributed by atoms with van der Waals surface area (Å²) < 4.78 is 11.2. The van der Waals surface area contributed by atoms with Gasteiger partial charge in [0, 0.05) is 12.5 Å². The molecule has 2 saturated heterocycles. The molecule has 134 valence electrons. The Labute approximate surface area is 152 Å². The zero-order valence-corrected chi connectivity index (χ0v) is 14.4. The van der Waals surface area contributed by atoms with Gasteiger partial charge in [0.25, 0.3) is 0 Å². The summed E-state index contributed by atoms with van der Waals surface area (Å²) in [6.45, 7) is 1.17. The number of rotatable bonds is 2. The highest BCUT2D eigenvalue weighted by molar-refractivity contribution is 5.79. The topological polar surface area (TPSA) is 59.0 Å². The van der Waals surface area contributed by atoms with Gasteiger partial charge in [-0.1, -0.05) is 48.5 Å². The minimum Gasteiger partial charge on any atom is -0.448 e. The van der Waals surface area contributed by atoms with E-state index in [0.717, 1.165) is 6.42 Å². The minimum atomic E-state index is -0.622. The lowest BCUT2D eigenvalue weighted by Gasteiger charge is -2.25. The molecule has 3 aliphatic rings. The van der Waals surface area contributed by atoms with Crippen molar-refractivity contribution < 1.29 is 19.4 Å². The molecular formula is C21H21NO4. The highest BCUT2D eigenvalue weighted by Gasteiger charge is 2.47. The molecule has 26 heavy (non-hydrogen) atoms. The summed E-state index contributed by atoms with van der Waals surface area (Å²) >= 11 is 0. The van der Waals surface area contributed by atoms with Crippen LogP contribution in [0.3, 0.4) is 0 Å². The van der Waals surface area contributed by atoms with Crippen molar-refractivity contribution in [2.24, 2.45) is 0 Å². The van der Waals surface area contributed by atoms with E-state index in [4.69, 9.17) is 9.47 Å². The van der Waals surface area contributed by atoms with Gasteiger partial charge in [-0.15, -0.1) is 0 Å². The van der Waals surface area contributed by atoms with E-state index in [-0.39, 0.29) is 24.2 Å². The Bertz CT molecular complexity index is 806. The summed E-state index contributed by atoms with van der Waals surface area (Å²) in [5.74, 6) is 0.0505. The SMILES string of the molecule is O=C(OCC1c2ccccc2-c2ccccc21)N1CC[C@H]2OC[C@H](O)[C@H]21. The zero-order chi connectivity index (χ0) is 17.7. The number of aliphatic hydroxyl groups is 1. The summed E-state index contributed by atoms with van der Waals surface area (Å²) in [6, 6.07) is 16.3. The Balaban J connectivity index is 1.35. The molecule has 2 fully saturated rings. The molecule has 5 rings (SSSR count). The quantitative estimate of drug-likeness (QED) is 0.904. The van der Waals surface area contributed by atoms with Gasteiger partial charge in [0.2, 0.25) is 0 Å². The molecule has 0 radical (unpaired) electrons. The molecule has 2 heterocycles. The third-order valence-corrected chi connectivity index (χ3v) is 5.84. The van der Waals surface area contributed by atoms with Gasteiger partial charge in [0.05, 0.1) is 18.8 Å². The fourth-order valence-electron chi connectivity index (χ4n) is 4.63. The average molecular weight is 351 g/mol. The number of fused-ring (bicyclic) bond motifs is 4. The molecular weight excluding hydrogens is 330 g/mol. The van der Waals surface area contributed by atoms with E-state index in [9.17, 15) is 9.90 Å². The number of carbonyl (C=O) groups excluding carboxylic acids is 1. The molecule has 2 aromatic carbocycles. The number of likely N-dealkylation sites (tertiary alicyclic amines) is 1. The monoisotopic (exact) mass is 351 g/mol. The number of benzene rings is 2. The molecule has 1 amide bonds. The maximum atomic E-state index is 12.7. The number of nitrogens with zero attached hydrogens (tertiary/aromatic N) is 1. The van der Waals surface area contributed by atoms with Crippen molar-refractivity contribution >= 4 is 6.09 Å². The summed E-state index contributed by atoms with van der Waals surface area (Å²) in [4.78, 5) is 14.3. The lowest BCUT2D eigenvalue weighted by atomic mass is 9.98. The largest absolute Gasteiger partial charge is 0.448 e. The van der Waals surface area contributed by atoms with Crippen LogP contribution < -0.4 is 0 Å². The molecule has 2 aliphatic heterocycles. The van der Waals surface area contributed by atoms with Crippen molar-refractivity contribution in [1.29, 1.82) is 0 Å². The lowest BCUT2D eigenvalue weighted by Crippen LogP contribution is -2.44. The number of amides is 1. The summed E-state index contributed by atoms with van der Waals surface area (Å²) in [5.41, 5.74) is 4.82. The van der Waals surface area contributed by atoms with Crippen molar-refractivity contribution in [3.8, 4) is 11.1 Å². The second-order valence-electron chi connectivity index (χ2n) is 7.22. The van der Waals surface area contributed by atoms with Crippen LogP contribution in [0, 0.1) is 0 Å². The van der Waals surface area contributed by atoms with E-state index in [0.29, 0.717) is 19.8 Å². The first-order chi connectivity index (χ1) is 12.7. The van der Waals surface area contributed by atoms with Gasteiger partial charge in [0.1, 0.15) is 12.7 Å². The van der Waals surface area contributed by atoms with E-state index in [2.05, 4.69) is 24.3 Å². The third-order valence-electron chi connectivity index (χ3n) is 5.84. The second-order valence-corrected chi connectivity index (χ2v) is 7.22. The smallest absolute Gasteiger partial charge is 0.410 e. The van der Waals surface area contributed by atoms with Crippen LogP contribution in [0.4, 0.5) is 4.79 Å². The van der Waals surface area contributed by atoms with Crippen molar-refractivity contribution in [1.82, 2.24) is 4.90 Å². The molecule has 0 unspecified atom stereocenters. The molecule has 5 heteroatoms. The highest BCUT2D eigenvalue weighted by Crippen LogP contribution is 2.44. The fourth-order valence-corrected chi connectivity index (χ4v) is 4.63. The summed E-state index contributed by atoms with van der Waals surface area (Å²) in [6.07, 6.45) is -0.288. The first-order valence-corrected chi connectivity index (χ1v) is 9.15. The van der Waals surface area contributed by atoms with E-state index in [1.807, 2.05) is 24.3 Å². The maximum Gasteiger partial charge on any atom is 0.410 e. The predicted octanol–water partition coefficient (Wildman–Crippen LogP) is 2.77. The number of ether oxygens (including phenoxy) is 2. The van der Waals surface area contributed by atoms with E-state index in [1.165, 1.54) is 22.3 Å². The molecule has 1 N–H and O–H groups in total. The van der Waals surface area contributed by atoms with Crippen LogP contribution in [0.25, 0.3) is 11.1 Å².